The molecule has 0 radical (unpaired) electrons. The molecule has 1 amide bonds. The fraction of sp³-hybridized carbons (Fsp3) is 0.154. The molecule has 2 aromatic carbocycles. The molecule has 0 saturated heterocycles. The largest absolute Gasteiger partial charge is 0.337 e. The summed E-state index contributed by atoms with van der Waals surface area (Å²) in [6.45, 7) is 0.603. The number of nitrogens with zero attached hydrogens (tertiary/aromatic N) is 5. The summed E-state index contributed by atoms with van der Waals surface area (Å²) in [6.07, 6.45) is 7.99. The number of benzene rings is 2. The van der Waals surface area contributed by atoms with E-state index in [0.29, 0.717) is 33.5 Å². The van der Waals surface area contributed by atoms with Crippen molar-refractivity contribution >= 4 is 50.7 Å². The Kier molecular flexibility index (Phi) is 8.44. The molecule has 4 aromatic rings. The van der Waals surface area contributed by atoms with Crippen LogP contribution in [-0.4, -0.2) is 51.2 Å². The molecule has 0 bridgehead atoms. The number of hydrogen-bond donors (Lipinski definition) is 3. The van der Waals surface area contributed by atoms with Crippen molar-refractivity contribution in [2.45, 2.75) is 0 Å². The van der Waals surface area contributed by atoms with Crippen LogP contribution < -0.4 is 16.0 Å². The van der Waals surface area contributed by atoms with E-state index in [9.17, 15) is 13.6 Å². The molecule has 9 nitrogen and oxygen atoms in total. The third-order valence-electron chi connectivity index (χ3n) is 5.21. The zero-order valence-electron chi connectivity index (χ0n) is 20.8. The minimum Gasteiger partial charge on any atom is -0.337 e. The molecule has 0 fully saturated rings. The molecule has 0 aliphatic rings. The first-order chi connectivity index (χ1) is 18.2. The van der Waals surface area contributed by atoms with Crippen molar-refractivity contribution in [3.8, 4) is 11.1 Å². The second-order valence-electron chi connectivity index (χ2n) is 8.59. The highest BCUT2D eigenvalue weighted by molar-refractivity contribution is 9.10. The van der Waals surface area contributed by atoms with Crippen LogP contribution in [0.3, 0.4) is 0 Å². The first-order valence-electron chi connectivity index (χ1n) is 11.4. The number of amides is 1. The van der Waals surface area contributed by atoms with Crippen LogP contribution in [0.5, 0.6) is 0 Å². The maximum Gasteiger partial charge on any atom is 0.248 e. The average molecular weight is 583 g/mol. The van der Waals surface area contributed by atoms with E-state index in [4.69, 9.17) is 0 Å². The van der Waals surface area contributed by atoms with Crippen LogP contribution in [0.4, 0.5) is 37.6 Å². The Morgan fingerprint density at radius 1 is 1.08 bits per heavy atom. The molecule has 4 rings (SSSR count). The normalized spacial score (nSPS) is 11.2. The highest BCUT2D eigenvalue weighted by Gasteiger charge is 2.15. The SMILES string of the molecule is CN(C)C/C=C/C(=O)Nc1ccc(F)c(Nc2nc(Nc3cnn(C)c3)ncc2-c2ccc(Br)c(F)c2)c1. The number of rotatable bonds is 9. The van der Waals surface area contributed by atoms with Crippen molar-refractivity contribution in [3.63, 3.8) is 0 Å². The summed E-state index contributed by atoms with van der Waals surface area (Å²) in [5.74, 6) is -0.941. The lowest BCUT2D eigenvalue weighted by Crippen LogP contribution is -2.13. The van der Waals surface area contributed by atoms with Crippen molar-refractivity contribution in [2.24, 2.45) is 7.05 Å². The van der Waals surface area contributed by atoms with E-state index in [1.165, 1.54) is 36.5 Å². The summed E-state index contributed by atoms with van der Waals surface area (Å²) >= 11 is 3.15. The van der Waals surface area contributed by atoms with Crippen LogP contribution in [0.2, 0.25) is 0 Å². The monoisotopic (exact) mass is 582 g/mol. The molecule has 0 aliphatic carbocycles. The third kappa shape index (κ3) is 6.99. The third-order valence-corrected chi connectivity index (χ3v) is 5.85. The van der Waals surface area contributed by atoms with Gasteiger partial charge in [0.05, 0.1) is 22.0 Å². The van der Waals surface area contributed by atoms with Gasteiger partial charge in [-0.1, -0.05) is 12.1 Å². The van der Waals surface area contributed by atoms with Gasteiger partial charge in [-0.25, -0.2) is 13.8 Å². The second-order valence-corrected chi connectivity index (χ2v) is 9.44. The molecule has 0 atom stereocenters. The van der Waals surface area contributed by atoms with Gasteiger partial charge in [-0.15, -0.1) is 0 Å². The van der Waals surface area contributed by atoms with Crippen LogP contribution in [0, 0.1) is 11.6 Å². The Bertz CT molecular complexity index is 1490. The fourth-order valence-electron chi connectivity index (χ4n) is 3.41. The Balaban J connectivity index is 1.66. The van der Waals surface area contributed by atoms with Gasteiger partial charge in [-0.2, -0.15) is 10.1 Å². The first kappa shape index (κ1) is 26.9. The molecule has 38 heavy (non-hydrogen) atoms. The van der Waals surface area contributed by atoms with E-state index in [-0.39, 0.29) is 23.4 Å². The average Bonchev–Trinajstić information content (AvgIpc) is 3.27. The number of nitrogens with one attached hydrogen (secondary N) is 3. The van der Waals surface area contributed by atoms with Crippen molar-refractivity contribution < 1.29 is 13.6 Å². The molecule has 0 spiro atoms. The number of aryl methyl sites for hydroxylation is 1. The zero-order valence-corrected chi connectivity index (χ0v) is 22.4. The molecule has 0 unspecified atom stereocenters. The number of anilines is 5. The number of aromatic nitrogens is 4. The summed E-state index contributed by atoms with van der Waals surface area (Å²) in [5, 5.41) is 12.8. The topological polar surface area (TPSA) is 100 Å². The van der Waals surface area contributed by atoms with Crippen LogP contribution >= 0.6 is 15.9 Å². The number of carbonyl (C=O) groups is 1. The van der Waals surface area contributed by atoms with E-state index in [1.807, 2.05) is 19.0 Å². The van der Waals surface area contributed by atoms with E-state index < -0.39 is 11.6 Å². The number of halogens is 3. The van der Waals surface area contributed by atoms with Gasteiger partial charge >= 0.3 is 0 Å². The van der Waals surface area contributed by atoms with E-state index >= 15 is 0 Å². The van der Waals surface area contributed by atoms with Crippen molar-refractivity contribution in [1.29, 1.82) is 0 Å². The lowest BCUT2D eigenvalue weighted by molar-refractivity contribution is -0.111. The Hall–Kier alpha value is -4.16. The van der Waals surface area contributed by atoms with Gasteiger partial charge in [0.15, 0.2) is 0 Å². The summed E-state index contributed by atoms with van der Waals surface area (Å²) in [7, 11) is 5.56. The summed E-state index contributed by atoms with van der Waals surface area (Å²) in [4.78, 5) is 23.0. The molecule has 12 heteroatoms. The van der Waals surface area contributed by atoms with Gasteiger partial charge in [0.2, 0.25) is 11.9 Å². The molecular weight excluding hydrogens is 558 g/mol. The lowest BCUT2D eigenvalue weighted by Gasteiger charge is -2.15. The minimum atomic E-state index is -0.570. The smallest absolute Gasteiger partial charge is 0.248 e. The van der Waals surface area contributed by atoms with E-state index in [2.05, 4.69) is 46.9 Å². The Morgan fingerprint density at radius 2 is 1.89 bits per heavy atom. The fourth-order valence-corrected chi connectivity index (χ4v) is 3.65. The highest BCUT2D eigenvalue weighted by Crippen LogP contribution is 2.33. The van der Waals surface area contributed by atoms with Crippen molar-refractivity contribution in [3.05, 3.63) is 83.2 Å². The molecule has 0 aliphatic heterocycles. The molecule has 3 N–H and O–H groups in total. The van der Waals surface area contributed by atoms with Gasteiger partial charge in [0.1, 0.15) is 17.5 Å². The summed E-state index contributed by atoms with van der Waals surface area (Å²) < 4.78 is 31.1. The molecule has 0 saturated carbocycles. The van der Waals surface area contributed by atoms with Crippen molar-refractivity contribution in [1.82, 2.24) is 24.6 Å². The Morgan fingerprint density at radius 3 is 2.61 bits per heavy atom. The van der Waals surface area contributed by atoms with Crippen LogP contribution in [-0.2, 0) is 11.8 Å². The van der Waals surface area contributed by atoms with Crippen molar-refractivity contribution in [2.75, 3.05) is 36.6 Å². The highest BCUT2D eigenvalue weighted by atomic mass is 79.9. The molecule has 196 valence electrons. The Labute approximate surface area is 226 Å². The lowest BCUT2D eigenvalue weighted by atomic mass is 10.1. The first-order valence-corrected chi connectivity index (χ1v) is 12.2. The second kappa shape index (κ2) is 11.9. The van der Waals surface area contributed by atoms with Crippen LogP contribution in [0.15, 0.2) is 71.6 Å². The predicted molar refractivity (Wildman–Crippen MR) is 148 cm³/mol. The van der Waals surface area contributed by atoms with Gasteiger partial charge in [-0.3, -0.25) is 9.48 Å². The number of carbonyl (C=O) groups excluding carboxylic acids is 1. The van der Waals surface area contributed by atoms with Gasteiger partial charge in [0, 0.05) is 43.3 Å². The van der Waals surface area contributed by atoms with E-state index in [0.717, 1.165) is 0 Å². The zero-order chi connectivity index (χ0) is 27.2. The number of hydrogen-bond acceptors (Lipinski definition) is 7. The molecular formula is C26H25BrF2N8O. The standard InChI is InChI=1S/C26H25BrF2N8O/c1-36(2)10-4-5-24(38)32-17-7-9-21(28)23(12-17)34-25-19(16-6-8-20(27)22(29)11-16)14-30-26(35-25)33-18-13-31-37(3)15-18/h4-9,11-15H,10H2,1-3H3,(H,32,38)(H2,30,33,34,35)/b5-4+. The van der Waals surface area contributed by atoms with Crippen LogP contribution in [0.1, 0.15) is 0 Å². The quantitative estimate of drug-likeness (QED) is 0.225. The maximum atomic E-state index is 14.9. The van der Waals surface area contributed by atoms with Gasteiger partial charge in [0.25, 0.3) is 0 Å². The van der Waals surface area contributed by atoms with Crippen LogP contribution in [0.25, 0.3) is 11.1 Å². The minimum absolute atomic E-state index is 0.0601. The van der Waals surface area contributed by atoms with E-state index in [1.54, 1.807) is 42.3 Å². The summed E-state index contributed by atoms with van der Waals surface area (Å²) in [6, 6.07) is 8.73. The molecule has 2 aromatic heterocycles. The maximum absolute atomic E-state index is 14.9. The number of likely N-dealkylation sites (N-methyl/N-ethyl adjacent to an activating group) is 1. The van der Waals surface area contributed by atoms with Gasteiger partial charge in [-0.05, 0) is 65.9 Å². The predicted octanol–water partition coefficient (Wildman–Crippen LogP) is 5.46. The van der Waals surface area contributed by atoms with Gasteiger partial charge < -0.3 is 20.9 Å². The molecule has 2 heterocycles. The summed E-state index contributed by atoms with van der Waals surface area (Å²) in [5.41, 5.74) is 2.02.